The van der Waals surface area contributed by atoms with Gasteiger partial charge in [0.1, 0.15) is 6.10 Å². The maximum Gasteiger partial charge on any atom is 0.252 e. The fourth-order valence-corrected chi connectivity index (χ4v) is 5.72. The van der Waals surface area contributed by atoms with Crippen LogP contribution in [0, 0.1) is 6.92 Å². The van der Waals surface area contributed by atoms with E-state index in [0.717, 1.165) is 57.4 Å². The number of hydrogen-bond donors (Lipinski definition) is 1. The quantitative estimate of drug-likeness (QED) is 0.238. The first-order valence-corrected chi connectivity index (χ1v) is 14.2. The Morgan fingerprint density at radius 1 is 1.20 bits per heavy atom. The van der Waals surface area contributed by atoms with Crippen LogP contribution in [0.1, 0.15) is 51.7 Å². The number of rotatable bonds is 10. The number of hydrogen-bond acceptors (Lipinski definition) is 7. The van der Waals surface area contributed by atoms with Crippen LogP contribution in [0.25, 0.3) is 22.2 Å². The van der Waals surface area contributed by atoms with Gasteiger partial charge >= 0.3 is 0 Å². The molecule has 0 spiro atoms. The summed E-state index contributed by atoms with van der Waals surface area (Å²) in [6.07, 6.45) is 5.27. The molecule has 8 nitrogen and oxygen atoms in total. The van der Waals surface area contributed by atoms with Crippen LogP contribution >= 0.6 is 11.3 Å². The lowest BCUT2D eigenvalue weighted by Gasteiger charge is -2.22. The fourth-order valence-electron chi connectivity index (χ4n) is 5.17. The van der Waals surface area contributed by atoms with Gasteiger partial charge in [-0.15, -0.1) is 11.3 Å². The standard InChI is InChI=1S/C31H31N5O3S/c1-20-12-21(29(17-38-3)39-16-23-18-40-19-32-23)8-9-24(20)30(37)35-31(10-11-31)26-13-28(22-14-33-36(2)15-22)34-27-7-5-4-6-25(26)27/h4-9,12-15,18-19,29H,10-11,16-17H2,1-3H3,(H,35,37)/t29-/m0/s1. The zero-order chi connectivity index (χ0) is 27.7. The number of pyridine rings is 1. The number of nitrogens with zero attached hydrogens (tertiary/aromatic N) is 4. The molecule has 1 fully saturated rings. The maximum absolute atomic E-state index is 13.7. The Bertz CT molecular complexity index is 1660. The SMILES string of the molecule is COC[C@H](OCc1cscn1)c1ccc(C(=O)NC2(c3cc(-c4cnn(C)c4)nc4ccccc34)CC2)c(C)c1. The number of thiazole rings is 1. The Kier molecular flexibility index (Phi) is 7.18. The Hall–Kier alpha value is -3.92. The minimum absolute atomic E-state index is 0.0861. The second-order valence-electron chi connectivity index (χ2n) is 10.3. The number of carbonyl (C=O) groups excluding carboxylic acids is 1. The molecule has 0 unspecified atom stereocenters. The van der Waals surface area contributed by atoms with Crippen molar-refractivity contribution in [1.82, 2.24) is 25.1 Å². The van der Waals surface area contributed by atoms with E-state index in [1.807, 2.05) is 68.1 Å². The third-order valence-electron chi connectivity index (χ3n) is 7.44. The molecular weight excluding hydrogens is 522 g/mol. The number of fused-ring (bicyclic) bond motifs is 1. The van der Waals surface area contributed by atoms with Crippen molar-refractivity contribution in [2.45, 2.75) is 38.0 Å². The highest BCUT2D eigenvalue weighted by Crippen LogP contribution is 2.49. The van der Waals surface area contributed by atoms with Gasteiger partial charge in [-0.3, -0.25) is 9.48 Å². The Balaban J connectivity index is 1.26. The van der Waals surface area contributed by atoms with Crippen molar-refractivity contribution in [2.75, 3.05) is 13.7 Å². The van der Waals surface area contributed by atoms with E-state index < -0.39 is 5.54 Å². The van der Waals surface area contributed by atoms with Crippen LogP contribution in [-0.2, 0) is 28.7 Å². The smallest absolute Gasteiger partial charge is 0.252 e. The molecule has 1 aliphatic carbocycles. The van der Waals surface area contributed by atoms with Gasteiger partial charge in [-0.2, -0.15) is 5.10 Å². The van der Waals surface area contributed by atoms with Crippen LogP contribution in [0.2, 0.25) is 0 Å². The molecule has 40 heavy (non-hydrogen) atoms. The topological polar surface area (TPSA) is 91.2 Å². The number of amides is 1. The van der Waals surface area contributed by atoms with Crippen molar-refractivity contribution in [3.63, 3.8) is 0 Å². The van der Waals surface area contributed by atoms with E-state index in [9.17, 15) is 4.79 Å². The summed E-state index contributed by atoms with van der Waals surface area (Å²) in [5.41, 5.74) is 8.56. The number of ether oxygens (including phenoxy) is 2. The Morgan fingerprint density at radius 3 is 2.75 bits per heavy atom. The molecule has 0 saturated heterocycles. The molecule has 3 aromatic heterocycles. The summed E-state index contributed by atoms with van der Waals surface area (Å²) in [4.78, 5) is 22.9. The number of carbonyl (C=O) groups is 1. The van der Waals surface area contributed by atoms with Gasteiger partial charge in [-0.25, -0.2) is 9.97 Å². The van der Waals surface area contributed by atoms with Gasteiger partial charge in [-0.1, -0.05) is 30.3 Å². The predicted molar refractivity (Wildman–Crippen MR) is 155 cm³/mol. The number of para-hydroxylation sites is 1. The first kappa shape index (κ1) is 26.3. The molecule has 0 aliphatic heterocycles. The van der Waals surface area contributed by atoms with Crippen molar-refractivity contribution in [3.05, 3.63) is 99.8 Å². The first-order chi connectivity index (χ1) is 19.5. The molecular formula is C31H31N5O3S. The van der Waals surface area contributed by atoms with Crippen LogP contribution < -0.4 is 5.32 Å². The van der Waals surface area contributed by atoms with E-state index in [-0.39, 0.29) is 12.0 Å². The molecule has 0 radical (unpaired) electrons. The molecule has 5 aromatic rings. The molecule has 0 bridgehead atoms. The average Bonchev–Trinajstić information content (AvgIpc) is 3.31. The normalized spacial score (nSPS) is 14.8. The van der Waals surface area contributed by atoms with Crippen LogP contribution in [0.4, 0.5) is 0 Å². The van der Waals surface area contributed by atoms with Gasteiger partial charge in [0.25, 0.3) is 5.91 Å². The molecule has 1 atom stereocenters. The monoisotopic (exact) mass is 553 g/mol. The van der Waals surface area contributed by atoms with Crippen molar-refractivity contribution in [1.29, 1.82) is 0 Å². The summed E-state index contributed by atoms with van der Waals surface area (Å²) in [6.45, 7) is 2.78. The van der Waals surface area contributed by atoms with E-state index in [2.05, 4.69) is 27.5 Å². The molecule has 1 amide bonds. The van der Waals surface area contributed by atoms with Crippen LogP contribution in [0.15, 0.2) is 71.8 Å². The van der Waals surface area contributed by atoms with E-state index >= 15 is 0 Å². The third kappa shape index (κ3) is 5.28. The summed E-state index contributed by atoms with van der Waals surface area (Å²) in [5, 5.41) is 10.7. The summed E-state index contributed by atoms with van der Waals surface area (Å²) < 4.78 is 13.3. The lowest BCUT2D eigenvalue weighted by atomic mass is 9.96. The number of nitrogens with one attached hydrogen (secondary N) is 1. The van der Waals surface area contributed by atoms with Gasteiger partial charge in [0, 0.05) is 42.2 Å². The number of methoxy groups -OCH3 is 1. The van der Waals surface area contributed by atoms with Gasteiger partial charge in [0.15, 0.2) is 0 Å². The Labute approximate surface area is 237 Å². The van der Waals surface area contributed by atoms with Crippen molar-refractivity contribution in [3.8, 4) is 11.3 Å². The van der Waals surface area contributed by atoms with Crippen molar-refractivity contribution >= 4 is 28.1 Å². The second-order valence-corrected chi connectivity index (χ2v) is 11.0. The predicted octanol–water partition coefficient (Wildman–Crippen LogP) is 5.72. The maximum atomic E-state index is 13.7. The van der Waals surface area contributed by atoms with E-state index in [4.69, 9.17) is 14.5 Å². The third-order valence-corrected chi connectivity index (χ3v) is 8.07. The number of aryl methyl sites for hydroxylation is 2. The fraction of sp³-hybridized carbons (Fsp3) is 0.290. The highest BCUT2D eigenvalue weighted by molar-refractivity contribution is 7.07. The minimum Gasteiger partial charge on any atom is -0.382 e. The van der Waals surface area contributed by atoms with Crippen molar-refractivity contribution < 1.29 is 14.3 Å². The molecule has 204 valence electrons. The van der Waals surface area contributed by atoms with E-state index in [1.54, 1.807) is 28.6 Å². The van der Waals surface area contributed by atoms with Gasteiger partial charge < -0.3 is 14.8 Å². The summed E-state index contributed by atoms with van der Waals surface area (Å²) in [5.74, 6) is -0.0861. The van der Waals surface area contributed by atoms with E-state index in [1.165, 1.54) is 0 Å². The highest BCUT2D eigenvalue weighted by atomic mass is 32.1. The summed E-state index contributed by atoms with van der Waals surface area (Å²) in [6, 6.07) is 16.1. The Morgan fingerprint density at radius 2 is 2.05 bits per heavy atom. The highest BCUT2D eigenvalue weighted by Gasteiger charge is 2.47. The van der Waals surface area contributed by atoms with Crippen LogP contribution in [0.3, 0.4) is 0 Å². The number of aromatic nitrogens is 4. The molecule has 1 saturated carbocycles. The van der Waals surface area contributed by atoms with Gasteiger partial charge in [-0.05, 0) is 54.7 Å². The van der Waals surface area contributed by atoms with Gasteiger partial charge in [0.05, 0.1) is 47.4 Å². The molecule has 6 rings (SSSR count). The average molecular weight is 554 g/mol. The van der Waals surface area contributed by atoms with Crippen LogP contribution in [-0.4, -0.2) is 39.4 Å². The minimum atomic E-state index is -0.434. The molecule has 1 aliphatic rings. The first-order valence-electron chi connectivity index (χ1n) is 13.3. The lowest BCUT2D eigenvalue weighted by molar-refractivity contribution is -0.0139. The van der Waals surface area contributed by atoms with E-state index in [0.29, 0.717) is 18.8 Å². The molecule has 3 heterocycles. The molecule has 9 heteroatoms. The zero-order valence-electron chi connectivity index (χ0n) is 22.8. The largest absolute Gasteiger partial charge is 0.382 e. The lowest BCUT2D eigenvalue weighted by Crippen LogP contribution is -2.35. The van der Waals surface area contributed by atoms with Crippen molar-refractivity contribution in [2.24, 2.45) is 7.05 Å². The summed E-state index contributed by atoms with van der Waals surface area (Å²) in [7, 11) is 3.55. The molecule has 2 aromatic carbocycles. The number of benzene rings is 2. The van der Waals surface area contributed by atoms with Gasteiger partial charge in [0.2, 0.25) is 0 Å². The zero-order valence-corrected chi connectivity index (χ0v) is 23.6. The van der Waals surface area contributed by atoms with Crippen LogP contribution in [0.5, 0.6) is 0 Å². The molecule has 1 N–H and O–H groups in total. The second kappa shape index (κ2) is 10.9. The summed E-state index contributed by atoms with van der Waals surface area (Å²) >= 11 is 1.54.